The molecule has 1 aromatic rings. The summed E-state index contributed by atoms with van der Waals surface area (Å²) in [6.45, 7) is 4.00. The highest BCUT2D eigenvalue weighted by Gasteiger charge is 2.09. The number of hydrogen-bond acceptors (Lipinski definition) is 2. The number of carbonyl (C=O) groups excluding carboxylic acids is 1. The molecule has 2 heteroatoms. The van der Waals surface area contributed by atoms with Gasteiger partial charge in [0.15, 0.2) is 6.29 Å². The van der Waals surface area contributed by atoms with Crippen LogP contribution in [-0.4, -0.2) is 11.4 Å². The van der Waals surface area contributed by atoms with Crippen molar-refractivity contribution in [3.63, 3.8) is 0 Å². The van der Waals surface area contributed by atoms with Gasteiger partial charge < -0.3 is 5.11 Å². The Labute approximate surface area is 102 Å². The molecule has 1 aliphatic carbocycles. The molecule has 2 nitrogen and oxygen atoms in total. The maximum atomic E-state index is 10.7. The van der Waals surface area contributed by atoms with E-state index in [0.717, 1.165) is 24.0 Å². The summed E-state index contributed by atoms with van der Waals surface area (Å²) in [5, 5.41) is 9.84. The summed E-state index contributed by atoms with van der Waals surface area (Å²) in [6, 6.07) is 5.21. The van der Waals surface area contributed by atoms with Gasteiger partial charge >= 0.3 is 0 Å². The number of phenolic OH excluding ortho intramolecular Hbond substituents is 1. The molecule has 0 unspecified atom stereocenters. The molecule has 1 aliphatic rings. The Hall–Kier alpha value is -1.83. The number of phenols is 1. The standard InChI is InChI=1S/C13H12O2.C2H6/c14-9-11-7-4-8-12(13(11)15)10-5-2-1-3-6-10;1-2/h2,4-9,15H,1,3H2;1-2H3. The first-order valence-corrected chi connectivity index (χ1v) is 5.97. The molecule has 0 amide bonds. The Morgan fingerprint density at radius 1 is 1.24 bits per heavy atom. The fourth-order valence-corrected chi connectivity index (χ4v) is 1.70. The Bertz CT molecular complexity index is 442. The molecular formula is C15H18O2. The van der Waals surface area contributed by atoms with Crippen LogP contribution in [0.25, 0.3) is 5.57 Å². The summed E-state index contributed by atoms with van der Waals surface area (Å²) in [5.41, 5.74) is 2.06. The molecule has 1 N–H and O–H groups in total. The quantitative estimate of drug-likeness (QED) is 0.781. The lowest BCUT2D eigenvalue weighted by Crippen LogP contribution is -1.90. The Morgan fingerprint density at radius 3 is 2.59 bits per heavy atom. The van der Waals surface area contributed by atoms with E-state index in [9.17, 15) is 9.90 Å². The predicted molar refractivity (Wildman–Crippen MR) is 71.2 cm³/mol. The lowest BCUT2D eigenvalue weighted by molar-refractivity contribution is 0.112. The van der Waals surface area contributed by atoms with Crippen LogP contribution >= 0.6 is 0 Å². The van der Waals surface area contributed by atoms with E-state index in [0.29, 0.717) is 11.8 Å². The van der Waals surface area contributed by atoms with Crippen molar-refractivity contribution in [2.45, 2.75) is 26.7 Å². The van der Waals surface area contributed by atoms with Crippen LogP contribution in [0.5, 0.6) is 5.75 Å². The number of benzene rings is 1. The van der Waals surface area contributed by atoms with E-state index < -0.39 is 0 Å². The molecular weight excluding hydrogens is 212 g/mol. The summed E-state index contributed by atoms with van der Waals surface area (Å²) in [6.07, 6.45) is 8.82. The topological polar surface area (TPSA) is 37.3 Å². The first kappa shape index (κ1) is 13.2. The zero-order valence-corrected chi connectivity index (χ0v) is 10.3. The van der Waals surface area contributed by atoms with E-state index in [4.69, 9.17) is 0 Å². The number of aldehydes is 1. The lowest BCUT2D eigenvalue weighted by Gasteiger charge is -2.10. The van der Waals surface area contributed by atoms with Crippen LogP contribution in [0.1, 0.15) is 42.6 Å². The molecule has 0 atom stereocenters. The zero-order valence-electron chi connectivity index (χ0n) is 10.3. The molecule has 2 rings (SSSR count). The second-order valence-electron chi connectivity index (χ2n) is 3.50. The monoisotopic (exact) mass is 230 g/mol. The molecule has 0 radical (unpaired) electrons. The van der Waals surface area contributed by atoms with E-state index in [1.165, 1.54) is 0 Å². The van der Waals surface area contributed by atoms with Crippen LogP contribution in [0.4, 0.5) is 0 Å². The molecule has 0 spiro atoms. The second-order valence-corrected chi connectivity index (χ2v) is 3.50. The summed E-state index contributed by atoms with van der Waals surface area (Å²) in [7, 11) is 0. The highest BCUT2D eigenvalue weighted by atomic mass is 16.3. The van der Waals surface area contributed by atoms with Crippen molar-refractivity contribution in [1.82, 2.24) is 0 Å². The smallest absolute Gasteiger partial charge is 0.153 e. The minimum Gasteiger partial charge on any atom is -0.507 e. The number of rotatable bonds is 2. The second kappa shape index (κ2) is 6.69. The third-order valence-corrected chi connectivity index (χ3v) is 2.50. The summed E-state index contributed by atoms with van der Waals surface area (Å²) in [5.74, 6) is 0.0744. The van der Waals surface area contributed by atoms with Gasteiger partial charge in [0, 0.05) is 5.56 Å². The van der Waals surface area contributed by atoms with Crippen LogP contribution in [0.3, 0.4) is 0 Å². The largest absolute Gasteiger partial charge is 0.507 e. The van der Waals surface area contributed by atoms with Crippen molar-refractivity contribution >= 4 is 11.9 Å². The molecule has 0 saturated carbocycles. The van der Waals surface area contributed by atoms with Gasteiger partial charge in [0.1, 0.15) is 5.75 Å². The molecule has 0 aliphatic heterocycles. The average molecular weight is 230 g/mol. The molecule has 0 saturated heterocycles. The van der Waals surface area contributed by atoms with Crippen molar-refractivity contribution in [2.24, 2.45) is 0 Å². The van der Waals surface area contributed by atoms with Crippen molar-refractivity contribution in [2.75, 3.05) is 0 Å². The van der Waals surface area contributed by atoms with E-state index in [-0.39, 0.29) is 5.75 Å². The Kier molecular flexibility index (Phi) is 5.21. The van der Waals surface area contributed by atoms with Gasteiger partial charge in [-0.1, -0.05) is 44.2 Å². The van der Waals surface area contributed by atoms with Gasteiger partial charge in [0.05, 0.1) is 5.56 Å². The molecule has 0 fully saturated rings. The minimum absolute atomic E-state index is 0.0744. The van der Waals surface area contributed by atoms with E-state index in [1.807, 2.05) is 26.0 Å². The van der Waals surface area contributed by atoms with Crippen molar-refractivity contribution in [1.29, 1.82) is 0 Å². The number of allylic oxidation sites excluding steroid dienone is 4. The van der Waals surface area contributed by atoms with Crippen LogP contribution in [-0.2, 0) is 0 Å². The molecule has 0 bridgehead atoms. The summed E-state index contributed by atoms with van der Waals surface area (Å²) in [4.78, 5) is 10.7. The summed E-state index contributed by atoms with van der Waals surface area (Å²) < 4.78 is 0. The number of hydrogen-bond donors (Lipinski definition) is 1. The van der Waals surface area contributed by atoms with Crippen molar-refractivity contribution in [3.05, 3.63) is 47.6 Å². The highest BCUT2D eigenvalue weighted by molar-refractivity contribution is 5.86. The van der Waals surface area contributed by atoms with E-state index in [2.05, 4.69) is 12.2 Å². The number of para-hydroxylation sites is 1. The van der Waals surface area contributed by atoms with Gasteiger partial charge in [-0.05, 0) is 24.5 Å². The third kappa shape index (κ3) is 3.06. The lowest BCUT2D eigenvalue weighted by atomic mass is 9.97. The average Bonchev–Trinajstić information content (AvgIpc) is 2.42. The van der Waals surface area contributed by atoms with Crippen LogP contribution in [0.15, 0.2) is 36.4 Å². The highest BCUT2D eigenvalue weighted by Crippen LogP contribution is 2.30. The number of carbonyl (C=O) groups is 1. The SMILES string of the molecule is CC.O=Cc1cccc(C2=CCCC=C2)c1O. The fraction of sp³-hybridized carbons (Fsp3) is 0.267. The molecule has 17 heavy (non-hydrogen) atoms. The maximum absolute atomic E-state index is 10.7. The van der Waals surface area contributed by atoms with Gasteiger partial charge in [-0.25, -0.2) is 0 Å². The first-order chi connectivity index (χ1) is 8.33. The third-order valence-electron chi connectivity index (χ3n) is 2.50. The molecule has 0 heterocycles. The summed E-state index contributed by atoms with van der Waals surface area (Å²) >= 11 is 0. The van der Waals surface area contributed by atoms with Crippen LogP contribution in [0, 0.1) is 0 Å². The van der Waals surface area contributed by atoms with Crippen molar-refractivity contribution < 1.29 is 9.90 Å². The molecule has 1 aromatic carbocycles. The van der Waals surface area contributed by atoms with Crippen molar-refractivity contribution in [3.8, 4) is 5.75 Å². The molecule has 0 aromatic heterocycles. The van der Waals surface area contributed by atoms with E-state index >= 15 is 0 Å². The first-order valence-electron chi connectivity index (χ1n) is 5.97. The van der Waals surface area contributed by atoms with Gasteiger partial charge in [-0.3, -0.25) is 4.79 Å². The Balaban J connectivity index is 0.000000686. The minimum atomic E-state index is 0.0744. The predicted octanol–water partition coefficient (Wildman–Crippen LogP) is 3.96. The van der Waals surface area contributed by atoms with Crippen LogP contribution in [0.2, 0.25) is 0 Å². The van der Waals surface area contributed by atoms with Gasteiger partial charge in [0.2, 0.25) is 0 Å². The van der Waals surface area contributed by atoms with E-state index in [1.54, 1.807) is 12.1 Å². The van der Waals surface area contributed by atoms with Gasteiger partial charge in [-0.2, -0.15) is 0 Å². The maximum Gasteiger partial charge on any atom is 0.153 e. The number of aromatic hydroxyl groups is 1. The Morgan fingerprint density at radius 2 is 2.00 bits per heavy atom. The zero-order chi connectivity index (χ0) is 12.7. The molecule has 90 valence electrons. The van der Waals surface area contributed by atoms with Gasteiger partial charge in [-0.15, -0.1) is 0 Å². The fourth-order valence-electron chi connectivity index (χ4n) is 1.70. The van der Waals surface area contributed by atoms with Crippen LogP contribution < -0.4 is 0 Å². The normalized spacial score (nSPS) is 13.4. The van der Waals surface area contributed by atoms with Gasteiger partial charge in [0.25, 0.3) is 0 Å².